The maximum atomic E-state index is 9.43. The van der Waals surface area contributed by atoms with Gasteiger partial charge in [-0.05, 0) is 47.9 Å². The van der Waals surface area contributed by atoms with Gasteiger partial charge in [0.05, 0.1) is 6.61 Å². The van der Waals surface area contributed by atoms with Crippen molar-refractivity contribution in [1.82, 2.24) is 0 Å². The monoisotopic (exact) mass is 288 g/mol. The van der Waals surface area contributed by atoms with Gasteiger partial charge in [0.2, 0.25) is 0 Å². The molecule has 3 nitrogen and oxygen atoms in total. The highest BCUT2D eigenvalue weighted by atomic mass is 16.5. The van der Waals surface area contributed by atoms with E-state index in [0.717, 1.165) is 42.4 Å². The van der Waals surface area contributed by atoms with Crippen LogP contribution >= 0.6 is 0 Å². The molecular formula is C18H24O3. The third-order valence-corrected chi connectivity index (χ3v) is 3.62. The number of phenols is 1. The molecule has 0 radical (unpaired) electrons. The molecule has 0 spiro atoms. The van der Waals surface area contributed by atoms with E-state index in [9.17, 15) is 5.11 Å². The van der Waals surface area contributed by atoms with Crippen LogP contribution in [0, 0.1) is 0 Å². The minimum atomic E-state index is 0.289. The van der Waals surface area contributed by atoms with Gasteiger partial charge in [0.15, 0.2) is 0 Å². The largest absolute Gasteiger partial charge is 0.508 e. The Morgan fingerprint density at radius 3 is 2.24 bits per heavy atom. The van der Waals surface area contributed by atoms with E-state index in [1.54, 1.807) is 12.1 Å². The number of aromatic hydroxyl groups is 1. The van der Waals surface area contributed by atoms with Gasteiger partial charge in [-0.3, -0.25) is 0 Å². The van der Waals surface area contributed by atoms with Gasteiger partial charge in [-0.1, -0.05) is 37.8 Å². The van der Waals surface area contributed by atoms with Crippen LogP contribution < -0.4 is 4.74 Å². The highest BCUT2D eigenvalue weighted by Gasteiger charge is 1.99. The van der Waals surface area contributed by atoms with Crippen LogP contribution in [0.4, 0.5) is 0 Å². The van der Waals surface area contributed by atoms with Crippen molar-refractivity contribution in [2.45, 2.75) is 38.5 Å². The topological polar surface area (TPSA) is 49.7 Å². The molecule has 0 saturated carbocycles. The fourth-order valence-corrected chi connectivity index (χ4v) is 2.41. The smallest absolute Gasteiger partial charge is 0.119 e. The second-order valence-corrected chi connectivity index (χ2v) is 5.39. The molecule has 0 aliphatic rings. The fourth-order valence-electron chi connectivity index (χ4n) is 2.41. The summed E-state index contributed by atoms with van der Waals surface area (Å²) < 4.78 is 5.77. The SMILES string of the molecule is OCCCCCCCCOc1ccc2cc(O)ccc2c1. The molecule has 2 aromatic rings. The van der Waals surface area contributed by atoms with Gasteiger partial charge in [-0.2, -0.15) is 0 Å². The zero-order chi connectivity index (χ0) is 14.9. The zero-order valence-electron chi connectivity index (χ0n) is 12.4. The number of ether oxygens (including phenoxy) is 1. The van der Waals surface area contributed by atoms with Gasteiger partial charge in [0.25, 0.3) is 0 Å². The van der Waals surface area contributed by atoms with Crippen LogP contribution in [-0.2, 0) is 0 Å². The van der Waals surface area contributed by atoms with Crippen LogP contribution in [0.2, 0.25) is 0 Å². The molecule has 0 aliphatic heterocycles. The first-order valence-corrected chi connectivity index (χ1v) is 7.76. The lowest BCUT2D eigenvalue weighted by molar-refractivity contribution is 0.280. The lowest BCUT2D eigenvalue weighted by Crippen LogP contribution is -1.97. The first-order chi connectivity index (χ1) is 10.3. The lowest BCUT2D eigenvalue weighted by atomic mass is 10.1. The van der Waals surface area contributed by atoms with Crippen molar-refractivity contribution in [3.63, 3.8) is 0 Å². The quantitative estimate of drug-likeness (QED) is 0.678. The average molecular weight is 288 g/mol. The van der Waals surface area contributed by atoms with Gasteiger partial charge in [0, 0.05) is 6.61 Å². The highest BCUT2D eigenvalue weighted by molar-refractivity contribution is 5.85. The molecule has 3 heteroatoms. The van der Waals surface area contributed by atoms with E-state index < -0.39 is 0 Å². The molecule has 0 atom stereocenters. The molecule has 2 aromatic carbocycles. The van der Waals surface area contributed by atoms with Crippen LogP contribution in [0.3, 0.4) is 0 Å². The Hall–Kier alpha value is -1.74. The highest BCUT2D eigenvalue weighted by Crippen LogP contribution is 2.24. The van der Waals surface area contributed by atoms with Gasteiger partial charge < -0.3 is 14.9 Å². The summed E-state index contributed by atoms with van der Waals surface area (Å²) in [7, 11) is 0. The van der Waals surface area contributed by atoms with Crippen molar-refractivity contribution >= 4 is 10.8 Å². The predicted octanol–water partition coefficient (Wildman–Crippen LogP) is 4.26. The molecule has 0 fully saturated rings. The molecule has 0 aliphatic carbocycles. The number of hydrogen-bond acceptors (Lipinski definition) is 3. The first-order valence-electron chi connectivity index (χ1n) is 7.76. The Labute approximate surface area is 126 Å². The van der Waals surface area contributed by atoms with Crippen LogP contribution in [0.5, 0.6) is 11.5 Å². The average Bonchev–Trinajstić information content (AvgIpc) is 2.50. The summed E-state index contributed by atoms with van der Waals surface area (Å²) in [5, 5.41) is 20.2. The maximum absolute atomic E-state index is 9.43. The van der Waals surface area contributed by atoms with E-state index in [1.807, 2.05) is 24.3 Å². The van der Waals surface area contributed by atoms with E-state index >= 15 is 0 Å². The summed E-state index contributed by atoms with van der Waals surface area (Å²) in [6.07, 6.45) is 6.68. The summed E-state index contributed by atoms with van der Waals surface area (Å²) in [4.78, 5) is 0. The van der Waals surface area contributed by atoms with Crippen molar-refractivity contribution in [3.05, 3.63) is 36.4 Å². The third-order valence-electron chi connectivity index (χ3n) is 3.62. The Bertz CT molecular complexity index is 551. The number of aliphatic hydroxyl groups excluding tert-OH is 1. The minimum absolute atomic E-state index is 0.289. The molecule has 0 amide bonds. The van der Waals surface area contributed by atoms with Crippen LogP contribution in [0.25, 0.3) is 10.8 Å². The van der Waals surface area contributed by atoms with E-state index in [2.05, 4.69) is 0 Å². The normalized spacial score (nSPS) is 10.9. The Morgan fingerprint density at radius 2 is 1.43 bits per heavy atom. The van der Waals surface area contributed by atoms with E-state index in [-0.39, 0.29) is 5.75 Å². The lowest BCUT2D eigenvalue weighted by Gasteiger charge is -2.07. The van der Waals surface area contributed by atoms with Gasteiger partial charge in [-0.25, -0.2) is 0 Å². The number of aliphatic hydroxyl groups is 1. The molecular weight excluding hydrogens is 264 g/mol. The van der Waals surface area contributed by atoms with Gasteiger partial charge in [0.1, 0.15) is 11.5 Å². The number of rotatable bonds is 9. The zero-order valence-corrected chi connectivity index (χ0v) is 12.4. The third kappa shape index (κ3) is 5.27. The van der Waals surface area contributed by atoms with Gasteiger partial charge >= 0.3 is 0 Å². The molecule has 114 valence electrons. The summed E-state index contributed by atoms with van der Waals surface area (Å²) >= 11 is 0. The van der Waals surface area contributed by atoms with Crippen molar-refractivity contribution in [3.8, 4) is 11.5 Å². The molecule has 0 unspecified atom stereocenters. The van der Waals surface area contributed by atoms with E-state index in [0.29, 0.717) is 6.61 Å². The summed E-state index contributed by atoms with van der Waals surface area (Å²) in [6.45, 7) is 1.05. The maximum Gasteiger partial charge on any atom is 0.119 e. The molecule has 0 aromatic heterocycles. The second-order valence-electron chi connectivity index (χ2n) is 5.39. The van der Waals surface area contributed by atoms with Crippen LogP contribution in [0.15, 0.2) is 36.4 Å². The number of phenolic OH excluding ortho intramolecular Hbond substituents is 1. The number of unbranched alkanes of at least 4 members (excludes halogenated alkanes) is 5. The summed E-state index contributed by atoms with van der Waals surface area (Å²) in [5.41, 5.74) is 0. The van der Waals surface area contributed by atoms with Crippen molar-refractivity contribution in [1.29, 1.82) is 0 Å². The minimum Gasteiger partial charge on any atom is -0.508 e. The fraction of sp³-hybridized carbons (Fsp3) is 0.444. The van der Waals surface area contributed by atoms with Crippen molar-refractivity contribution < 1.29 is 14.9 Å². The Balaban J connectivity index is 1.70. The van der Waals surface area contributed by atoms with Crippen LogP contribution in [-0.4, -0.2) is 23.4 Å². The van der Waals surface area contributed by atoms with Gasteiger partial charge in [-0.15, -0.1) is 0 Å². The molecule has 0 saturated heterocycles. The molecule has 0 bridgehead atoms. The van der Waals surface area contributed by atoms with Crippen LogP contribution in [0.1, 0.15) is 38.5 Å². The first kappa shape index (κ1) is 15.6. The van der Waals surface area contributed by atoms with E-state index in [1.165, 1.54) is 19.3 Å². The summed E-state index contributed by atoms with van der Waals surface area (Å²) in [5.74, 6) is 1.17. The second kappa shape index (κ2) is 8.53. The predicted molar refractivity (Wildman–Crippen MR) is 85.9 cm³/mol. The van der Waals surface area contributed by atoms with E-state index in [4.69, 9.17) is 9.84 Å². The number of fused-ring (bicyclic) bond motifs is 1. The Morgan fingerprint density at radius 1 is 0.762 bits per heavy atom. The Kier molecular flexibility index (Phi) is 6.35. The van der Waals surface area contributed by atoms with Crippen molar-refractivity contribution in [2.75, 3.05) is 13.2 Å². The number of hydrogen-bond donors (Lipinski definition) is 2. The molecule has 21 heavy (non-hydrogen) atoms. The molecule has 0 heterocycles. The number of benzene rings is 2. The molecule has 2 N–H and O–H groups in total. The summed E-state index contributed by atoms with van der Waals surface area (Å²) in [6, 6.07) is 11.3. The molecule has 2 rings (SSSR count). The standard InChI is InChI=1S/C18H24O3/c19-11-5-3-1-2-4-6-12-21-18-10-8-15-13-17(20)9-7-16(15)14-18/h7-10,13-14,19-20H,1-6,11-12H2. The van der Waals surface area contributed by atoms with Crippen molar-refractivity contribution in [2.24, 2.45) is 0 Å².